The van der Waals surface area contributed by atoms with Crippen molar-refractivity contribution in [3.8, 4) is 5.75 Å². The minimum atomic E-state index is -1.12. The number of aryl methyl sites for hydroxylation is 1. The lowest BCUT2D eigenvalue weighted by atomic mass is 10.1. The summed E-state index contributed by atoms with van der Waals surface area (Å²) < 4.78 is 10.8. The molecule has 0 unspecified atom stereocenters. The van der Waals surface area contributed by atoms with E-state index in [0.29, 0.717) is 22.6 Å². The molecule has 0 aliphatic rings. The number of esters is 1. The first-order valence-corrected chi connectivity index (χ1v) is 9.35. The Bertz CT molecular complexity index is 998. The molecule has 0 spiro atoms. The maximum atomic E-state index is 12.8. The molecule has 0 fully saturated rings. The van der Waals surface area contributed by atoms with E-state index < -0.39 is 18.0 Å². The number of hydrogen-bond donors (Lipinski definition) is 1. The molecular formula is C24H21NO5. The van der Waals surface area contributed by atoms with Crippen LogP contribution in [-0.4, -0.2) is 24.8 Å². The zero-order valence-corrected chi connectivity index (χ0v) is 16.4. The molecule has 0 saturated heterocycles. The van der Waals surface area contributed by atoms with E-state index in [0.717, 1.165) is 11.8 Å². The van der Waals surface area contributed by atoms with Gasteiger partial charge >= 0.3 is 5.97 Å². The average molecular weight is 403 g/mol. The standard InChI is InChI=1S/C24H21NO5/c1-17-7-11-20(12-8-17)25-24(28)23(19-5-3-2-4-6-19)30-22(27)16-29-21-13-9-18(15-26)10-14-21/h2-15,23H,16H2,1H3,(H,25,28)/t23-/m1/s1. The number of rotatable bonds is 8. The quantitative estimate of drug-likeness (QED) is 0.452. The minimum absolute atomic E-state index is 0.373. The first-order chi connectivity index (χ1) is 14.5. The fourth-order valence-corrected chi connectivity index (χ4v) is 2.70. The van der Waals surface area contributed by atoms with Crippen LogP contribution in [-0.2, 0) is 14.3 Å². The van der Waals surface area contributed by atoms with Gasteiger partial charge in [0.1, 0.15) is 12.0 Å². The molecule has 0 aliphatic carbocycles. The van der Waals surface area contributed by atoms with Crippen molar-refractivity contribution in [2.75, 3.05) is 11.9 Å². The summed E-state index contributed by atoms with van der Waals surface area (Å²) in [7, 11) is 0. The molecule has 30 heavy (non-hydrogen) atoms. The van der Waals surface area contributed by atoms with Crippen LogP contribution in [0.1, 0.15) is 27.6 Å². The van der Waals surface area contributed by atoms with Gasteiger partial charge in [-0.25, -0.2) is 4.79 Å². The van der Waals surface area contributed by atoms with Crippen LogP contribution in [0, 0.1) is 6.92 Å². The molecule has 0 radical (unpaired) electrons. The molecule has 0 saturated carbocycles. The number of amides is 1. The summed E-state index contributed by atoms with van der Waals surface area (Å²) in [5.41, 5.74) is 2.72. The molecule has 0 aromatic heterocycles. The van der Waals surface area contributed by atoms with Crippen LogP contribution >= 0.6 is 0 Å². The zero-order chi connectivity index (χ0) is 21.3. The van der Waals surface area contributed by atoms with Gasteiger partial charge in [-0.1, -0.05) is 48.0 Å². The van der Waals surface area contributed by atoms with Crippen LogP contribution in [0.3, 0.4) is 0 Å². The molecule has 3 rings (SSSR count). The number of carbonyl (C=O) groups is 3. The summed E-state index contributed by atoms with van der Waals surface area (Å²) in [5, 5.41) is 2.77. The maximum Gasteiger partial charge on any atom is 0.345 e. The van der Waals surface area contributed by atoms with Crippen LogP contribution in [0.5, 0.6) is 5.75 Å². The summed E-state index contributed by atoms with van der Waals surface area (Å²) in [5.74, 6) is -0.742. The molecule has 0 bridgehead atoms. The van der Waals surface area contributed by atoms with E-state index in [2.05, 4.69) is 5.32 Å². The van der Waals surface area contributed by atoms with E-state index in [9.17, 15) is 14.4 Å². The summed E-state index contributed by atoms with van der Waals surface area (Å²) >= 11 is 0. The third kappa shape index (κ3) is 5.78. The lowest BCUT2D eigenvalue weighted by Crippen LogP contribution is -2.28. The van der Waals surface area contributed by atoms with Gasteiger partial charge in [0.15, 0.2) is 6.61 Å². The van der Waals surface area contributed by atoms with Gasteiger partial charge in [0, 0.05) is 16.8 Å². The zero-order valence-electron chi connectivity index (χ0n) is 16.4. The lowest BCUT2D eigenvalue weighted by Gasteiger charge is -2.18. The number of carbonyl (C=O) groups excluding carboxylic acids is 3. The number of nitrogens with one attached hydrogen (secondary N) is 1. The number of anilines is 1. The SMILES string of the molecule is Cc1ccc(NC(=O)[C@H](OC(=O)COc2ccc(C=O)cc2)c2ccccc2)cc1. The summed E-state index contributed by atoms with van der Waals surface area (Å²) in [6, 6.07) is 22.4. The van der Waals surface area contributed by atoms with Crippen LogP contribution in [0.25, 0.3) is 0 Å². The third-order valence-corrected chi connectivity index (χ3v) is 4.28. The van der Waals surface area contributed by atoms with E-state index in [1.54, 1.807) is 60.7 Å². The molecule has 6 heteroatoms. The van der Waals surface area contributed by atoms with Gasteiger partial charge in [-0.2, -0.15) is 0 Å². The Labute approximate surface area is 174 Å². The predicted octanol–water partition coefficient (Wildman–Crippen LogP) is 4.11. The van der Waals surface area contributed by atoms with Crippen molar-refractivity contribution in [3.05, 3.63) is 95.6 Å². The third-order valence-electron chi connectivity index (χ3n) is 4.28. The van der Waals surface area contributed by atoms with E-state index in [4.69, 9.17) is 9.47 Å². The second kappa shape index (κ2) is 10.0. The number of benzene rings is 3. The Morgan fingerprint density at radius 3 is 2.23 bits per heavy atom. The highest BCUT2D eigenvalue weighted by Gasteiger charge is 2.25. The van der Waals surface area contributed by atoms with E-state index >= 15 is 0 Å². The van der Waals surface area contributed by atoms with E-state index in [1.165, 1.54) is 0 Å². The highest BCUT2D eigenvalue weighted by Crippen LogP contribution is 2.21. The second-order valence-corrected chi connectivity index (χ2v) is 6.61. The Morgan fingerprint density at radius 1 is 0.933 bits per heavy atom. The largest absolute Gasteiger partial charge is 0.482 e. The molecule has 152 valence electrons. The van der Waals surface area contributed by atoms with Crippen LogP contribution in [0.15, 0.2) is 78.9 Å². The molecule has 0 heterocycles. The fourth-order valence-electron chi connectivity index (χ4n) is 2.70. The summed E-state index contributed by atoms with van der Waals surface area (Å²) in [4.78, 5) is 35.9. The molecule has 6 nitrogen and oxygen atoms in total. The number of aldehydes is 1. The Balaban J connectivity index is 1.67. The molecule has 3 aromatic rings. The normalized spacial score (nSPS) is 11.2. The number of ether oxygens (including phenoxy) is 2. The van der Waals surface area contributed by atoms with Crippen molar-refractivity contribution in [1.82, 2.24) is 0 Å². The van der Waals surface area contributed by atoms with Gasteiger partial charge in [0.05, 0.1) is 0 Å². The van der Waals surface area contributed by atoms with Crippen LogP contribution in [0.2, 0.25) is 0 Å². The second-order valence-electron chi connectivity index (χ2n) is 6.61. The minimum Gasteiger partial charge on any atom is -0.482 e. The Morgan fingerprint density at radius 2 is 1.60 bits per heavy atom. The summed E-state index contributed by atoms with van der Waals surface area (Å²) in [6.07, 6.45) is -0.407. The molecule has 0 aliphatic heterocycles. The topological polar surface area (TPSA) is 81.7 Å². The van der Waals surface area contributed by atoms with Crippen molar-refractivity contribution >= 4 is 23.9 Å². The lowest BCUT2D eigenvalue weighted by molar-refractivity contribution is -0.156. The Hall–Kier alpha value is -3.93. The Kier molecular flexibility index (Phi) is 6.95. The predicted molar refractivity (Wildman–Crippen MR) is 112 cm³/mol. The van der Waals surface area contributed by atoms with Gasteiger partial charge in [-0.15, -0.1) is 0 Å². The van der Waals surface area contributed by atoms with Crippen LogP contribution < -0.4 is 10.1 Å². The molecule has 1 atom stereocenters. The van der Waals surface area contributed by atoms with Gasteiger partial charge in [-0.05, 0) is 43.3 Å². The van der Waals surface area contributed by atoms with Crippen molar-refractivity contribution in [1.29, 1.82) is 0 Å². The van der Waals surface area contributed by atoms with Crippen molar-refractivity contribution < 1.29 is 23.9 Å². The number of hydrogen-bond acceptors (Lipinski definition) is 5. The van der Waals surface area contributed by atoms with Gasteiger partial charge in [0.2, 0.25) is 6.10 Å². The first kappa shape index (κ1) is 20.8. The molecule has 1 amide bonds. The average Bonchev–Trinajstić information content (AvgIpc) is 2.78. The fraction of sp³-hybridized carbons (Fsp3) is 0.125. The van der Waals surface area contributed by atoms with E-state index in [-0.39, 0.29) is 6.61 Å². The van der Waals surface area contributed by atoms with Crippen molar-refractivity contribution in [2.45, 2.75) is 13.0 Å². The molecular weight excluding hydrogens is 382 g/mol. The van der Waals surface area contributed by atoms with Crippen molar-refractivity contribution in [3.63, 3.8) is 0 Å². The first-order valence-electron chi connectivity index (χ1n) is 9.35. The smallest absolute Gasteiger partial charge is 0.345 e. The van der Waals surface area contributed by atoms with Gasteiger partial charge in [-0.3, -0.25) is 9.59 Å². The van der Waals surface area contributed by atoms with Crippen molar-refractivity contribution in [2.24, 2.45) is 0 Å². The highest BCUT2D eigenvalue weighted by atomic mass is 16.6. The van der Waals surface area contributed by atoms with Gasteiger partial charge in [0.25, 0.3) is 5.91 Å². The monoisotopic (exact) mass is 403 g/mol. The van der Waals surface area contributed by atoms with E-state index in [1.807, 2.05) is 25.1 Å². The van der Waals surface area contributed by atoms with Crippen LogP contribution in [0.4, 0.5) is 5.69 Å². The van der Waals surface area contributed by atoms with Gasteiger partial charge < -0.3 is 14.8 Å². The molecule has 3 aromatic carbocycles. The molecule has 1 N–H and O–H groups in total. The maximum absolute atomic E-state index is 12.8. The highest BCUT2D eigenvalue weighted by molar-refractivity contribution is 5.96. The summed E-state index contributed by atoms with van der Waals surface area (Å²) in [6.45, 7) is 1.58.